The third kappa shape index (κ3) is 7.02. The molecule has 1 fully saturated rings. The molecule has 1 aliphatic carbocycles. The molecule has 1 N–H and O–H groups in total. The lowest BCUT2D eigenvalue weighted by atomic mass is 10.1. The second kappa shape index (κ2) is 7.34. The Morgan fingerprint density at radius 1 is 1.24 bits per heavy atom. The van der Waals surface area contributed by atoms with Gasteiger partial charge in [0.05, 0.1) is 18.8 Å². The Labute approximate surface area is 106 Å². The molecule has 3 nitrogen and oxygen atoms in total. The molecule has 1 unspecified atom stereocenters. The van der Waals surface area contributed by atoms with Crippen LogP contribution >= 0.6 is 0 Å². The van der Waals surface area contributed by atoms with Crippen molar-refractivity contribution in [3.63, 3.8) is 0 Å². The van der Waals surface area contributed by atoms with Crippen LogP contribution in [0.1, 0.15) is 47.0 Å². The number of nitrogens with zero attached hydrogens (tertiary/aromatic N) is 1. The summed E-state index contributed by atoms with van der Waals surface area (Å²) in [5.41, 5.74) is 0. The Hall–Kier alpha value is -0.120. The lowest BCUT2D eigenvalue weighted by molar-refractivity contribution is -0.0100. The lowest BCUT2D eigenvalue weighted by Crippen LogP contribution is -2.37. The monoisotopic (exact) mass is 243 g/mol. The van der Waals surface area contributed by atoms with Crippen LogP contribution in [0.3, 0.4) is 0 Å². The van der Waals surface area contributed by atoms with Gasteiger partial charge in [-0.2, -0.15) is 0 Å². The highest BCUT2D eigenvalue weighted by atomic mass is 16.5. The van der Waals surface area contributed by atoms with Crippen molar-refractivity contribution in [2.24, 2.45) is 5.92 Å². The largest absolute Gasteiger partial charge is 0.389 e. The van der Waals surface area contributed by atoms with Crippen LogP contribution in [-0.2, 0) is 4.74 Å². The van der Waals surface area contributed by atoms with Crippen LogP contribution in [0.4, 0.5) is 0 Å². The third-order valence-corrected chi connectivity index (χ3v) is 3.12. The number of ether oxygens (including phenoxy) is 1. The SMILES string of the molecule is CC(C)CCN(CC(O)COC(C)C)C1CC1. The van der Waals surface area contributed by atoms with E-state index in [0.717, 1.165) is 25.0 Å². The van der Waals surface area contributed by atoms with E-state index in [1.165, 1.54) is 19.3 Å². The van der Waals surface area contributed by atoms with E-state index in [1.807, 2.05) is 13.8 Å². The molecule has 0 saturated heterocycles. The van der Waals surface area contributed by atoms with Gasteiger partial charge in [-0.15, -0.1) is 0 Å². The van der Waals surface area contributed by atoms with E-state index in [4.69, 9.17) is 4.74 Å². The molecule has 0 amide bonds. The predicted octanol–water partition coefficient (Wildman–Crippen LogP) is 2.28. The Morgan fingerprint density at radius 2 is 1.88 bits per heavy atom. The highest BCUT2D eigenvalue weighted by molar-refractivity contribution is 4.85. The molecule has 1 rings (SSSR count). The maximum atomic E-state index is 9.94. The molecule has 0 spiro atoms. The normalized spacial score (nSPS) is 18.4. The first-order chi connectivity index (χ1) is 7.99. The summed E-state index contributed by atoms with van der Waals surface area (Å²) in [7, 11) is 0. The Morgan fingerprint density at radius 3 is 2.35 bits per heavy atom. The van der Waals surface area contributed by atoms with E-state index < -0.39 is 0 Å². The Kier molecular flexibility index (Phi) is 6.45. The first-order valence-electron chi connectivity index (χ1n) is 7.02. The number of hydrogen-bond acceptors (Lipinski definition) is 3. The van der Waals surface area contributed by atoms with E-state index in [1.54, 1.807) is 0 Å². The van der Waals surface area contributed by atoms with Gasteiger partial charge in [-0.3, -0.25) is 4.90 Å². The van der Waals surface area contributed by atoms with Crippen LogP contribution in [0.5, 0.6) is 0 Å². The van der Waals surface area contributed by atoms with Crippen molar-refractivity contribution >= 4 is 0 Å². The fourth-order valence-corrected chi connectivity index (χ4v) is 1.91. The first kappa shape index (κ1) is 14.9. The van der Waals surface area contributed by atoms with Crippen LogP contribution < -0.4 is 0 Å². The summed E-state index contributed by atoms with van der Waals surface area (Å²) in [5, 5.41) is 9.94. The second-order valence-corrected chi connectivity index (χ2v) is 5.94. The molecule has 0 heterocycles. The summed E-state index contributed by atoms with van der Waals surface area (Å²) >= 11 is 0. The second-order valence-electron chi connectivity index (χ2n) is 5.94. The van der Waals surface area contributed by atoms with Gasteiger partial charge in [0.1, 0.15) is 0 Å². The molecule has 0 radical (unpaired) electrons. The average molecular weight is 243 g/mol. The maximum absolute atomic E-state index is 9.94. The van der Waals surface area contributed by atoms with Crippen molar-refractivity contribution in [3.8, 4) is 0 Å². The Bertz CT molecular complexity index is 202. The molecule has 102 valence electrons. The minimum atomic E-state index is -0.342. The molecule has 1 aliphatic rings. The number of rotatable bonds is 9. The molecule has 0 aliphatic heterocycles. The van der Waals surface area contributed by atoms with Crippen LogP contribution in [0.15, 0.2) is 0 Å². The molecule has 3 heteroatoms. The van der Waals surface area contributed by atoms with Crippen molar-refractivity contribution in [2.45, 2.75) is 65.2 Å². The van der Waals surface area contributed by atoms with E-state index in [-0.39, 0.29) is 12.2 Å². The van der Waals surface area contributed by atoms with Crippen LogP contribution in [0.2, 0.25) is 0 Å². The van der Waals surface area contributed by atoms with Gasteiger partial charge in [0, 0.05) is 12.6 Å². The molecule has 0 bridgehead atoms. The Balaban J connectivity index is 2.23. The van der Waals surface area contributed by atoms with Crippen LogP contribution in [-0.4, -0.2) is 48.0 Å². The van der Waals surface area contributed by atoms with Gasteiger partial charge in [0.25, 0.3) is 0 Å². The zero-order valence-electron chi connectivity index (χ0n) is 11.9. The van der Waals surface area contributed by atoms with Crippen molar-refractivity contribution < 1.29 is 9.84 Å². The van der Waals surface area contributed by atoms with Crippen LogP contribution in [0.25, 0.3) is 0 Å². The van der Waals surface area contributed by atoms with E-state index in [9.17, 15) is 5.11 Å². The van der Waals surface area contributed by atoms with Crippen molar-refractivity contribution in [3.05, 3.63) is 0 Å². The molecule has 1 saturated carbocycles. The summed E-state index contributed by atoms with van der Waals surface area (Å²) in [6.45, 7) is 10.9. The highest BCUT2D eigenvalue weighted by Gasteiger charge is 2.29. The van der Waals surface area contributed by atoms with Crippen molar-refractivity contribution in [1.29, 1.82) is 0 Å². The van der Waals surface area contributed by atoms with Gasteiger partial charge < -0.3 is 9.84 Å². The van der Waals surface area contributed by atoms with Gasteiger partial charge in [-0.25, -0.2) is 0 Å². The fourth-order valence-electron chi connectivity index (χ4n) is 1.91. The molecule has 0 aromatic carbocycles. The number of aliphatic hydroxyl groups is 1. The molecular formula is C14H29NO2. The van der Waals surface area contributed by atoms with Crippen molar-refractivity contribution in [2.75, 3.05) is 19.7 Å². The molecule has 0 aromatic rings. The van der Waals surface area contributed by atoms with Gasteiger partial charge in [0.2, 0.25) is 0 Å². The quantitative estimate of drug-likeness (QED) is 0.674. The molecule has 1 atom stereocenters. The average Bonchev–Trinajstić information content (AvgIpc) is 3.04. The number of aliphatic hydroxyl groups excluding tert-OH is 1. The minimum Gasteiger partial charge on any atom is -0.389 e. The topological polar surface area (TPSA) is 32.7 Å². The van der Waals surface area contributed by atoms with Gasteiger partial charge >= 0.3 is 0 Å². The maximum Gasteiger partial charge on any atom is 0.0900 e. The summed E-state index contributed by atoms with van der Waals surface area (Å²) < 4.78 is 5.45. The van der Waals surface area contributed by atoms with E-state index >= 15 is 0 Å². The molecule has 0 aromatic heterocycles. The molecular weight excluding hydrogens is 214 g/mol. The van der Waals surface area contributed by atoms with E-state index in [2.05, 4.69) is 18.7 Å². The van der Waals surface area contributed by atoms with Gasteiger partial charge in [-0.1, -0.05) is 13.8 Å². The fraction of sp³-hybridized carbons (Fsp3) is 1.00. The molecule has 17 heavy (non-hydrogen) atoms. The lowest BCUT2D eigenvalue weighted by Gasteiger charge is -2.26. The third-order valence-electron chi connectivity index (χ3n) is 3.12. The van der Waals surface area contributed by atoms with E-state index in [0.29, 0.717) is 6.61 Å². The van der Waals surface area contributed by atoms with Crippen molar-refractivity contribution in [1.82, 2.24) is 4.90 Å². The minimum absolute atomic E-state index is 0.203. The highest BCUT2D eigenvalue weighted by Crippen LogP contribution is 2.27. The standard InChI is InChI=1S/C14H29NO2/c1-11(2)7-8-15(13-5-6-13)9-14(16)10-17-12(3)4/h11-14,16H,5-10H2,1-4H3. The summed E-state index contributed by atoms with van der Waals surface area (Å²) in [6, 6.07) is 0.724. The predicted molar refractivity (Wildman–Crippen MR) is 71.1 cm³/mol. The van der Waals surface area contributed by atoms with Gasteiger partial charge in [-0.05, 0) is 45.6 Å². The summed E-state index contributed by atoms with van der Waals surface area (Å²) in [4.78, 5) is 2.44. The smallest absolute Gasteiger partial charge is 0.0900 e. The summed E-state index contributed by atoms with van der Waals surface area (Å²) in [6.07, 6.45) is 3.68. The summed E-state index contributed by atoms with van der Waals surface area (Å²) in [5.74, 6) is 0.736. The zero-order chi connectivity index (χ0) is 12.8. The number of hydrogen-bond donors (Lipinski definition) is 1. The van der Waals surface area contributed by atoms with Crippen LogP contribution in [0, 0.1) is 5.92 Å². The first-order valence-corrected chi connectivity index (χ1v) is 7.02. The van der Waals surface area contributed by atoms with Gasteiger partial charge in [0.15, 0.2) is 0 Å². The zero-order valence-corrected chi connectivity index (χ0v) is 11.9.